The van der Waals surface area contributed by atoms with Crippen LogP contribution in [0.4, 0.5) is 9.18 Å². The van der Waals surface area contributed by atoms with Crippen molar-refractivity contribution in [2.75, 3.05) is 19.7 Å². The molecule has 0 aromatic heterocycles. The summed E-state index contributed by atoms with van der Waals surface area (Å²) in [5, 5.41) is 2.99. The Morgan fingerprint density at radius 3 is 2.31 bits per heavy atom. The van der Waals surface area contributed by atoms with Crippen LogP contribution in [0.25, 0.3) is 0 Å². The van der Waals surface area contributed by atoms with Crippen molar-refractivity contribution < 1.29 is 28.2 Å². The zero-order chi connectivity index (χ0) is 22.9. The number of aryl methyl sites for hydroxylation is 1. The summed E-state index contributed by atoms with van der Waals surface area (Å²) in [6.45, 7) is 3.07. The number of carbonyl (C=O) groups is 3. The first kappa shape index (κ1) is 23.2. The summed E-state index contributed by atoms with van der Waals surface area (Å²) < 4.78 is 22.7. The molecule has 2 aromatic carbocycles. The number of piperidine rings is 1. The second-order valence-electron chi connectivity index (χ2n) is 7.56. The molecule has 0 spiro atoms. The molecule has 1 aliphatic heterocycles. The van der Waals surface area contributed by atoms with Crippen molar-refractivity contribution in [3.63, 3.8) is 0 Å². The second-order valence-corrected chi connectivity index (χ2v) is 7.56. The molecular weight excluding hydrogens is 415 g/mol. The van der Waals surface area contributed by atoms with E-state index in [-0.39, 0.29) is 30.3 Å². The van der Waals surface area contributed by atoms with Gasteiger partial charge in [0, 0.05) is 31.1 Å². The van der Waals surface area contributed by atoms with Crippen molar-refractivity contribution >= 4 is 18.0 Å². The summed E-state index contributed by atoms with van der Waals surface area (Å²) in [5.74, 6) is -0.136. The molecule has 0 bridgehead atoms. The summed E-state index contributed by atoms with van der Waals surface area (Å²) in [4.78, 5) is 38.1. The van der Waals surface area contributed by atoms with Crippen LogP contribution in [-0.4, -0.2) is 48.6 Å². The van der Waals surface area contributed by atoms with Gasteiger partial charge in [-0.3, -0.25) is 9.59 Å². The van der Waals surface area contributed by atoms with E-state index in [0.29, 0.717) is 50.1 Å². The van der Waals surface area contributed by atoms with E-state index in [1.165, 1.54) is 24.3 Å². The van der Waals surface area contributed by atoms with Gasteiger partial charge < -0.3 is 19.7 Å². The quantitative estimate of drug-likeness (QED) is 0.522. The second kappa shape index (κ2) is 11.3. The number of likely N-dealkylation sites (tertiary alicyclic amines) is 1. The third kappa shape index (κ3) is 6.80. The molecule has 0 unspecified atom stereocenters. The lowest BCUT2D eigenvalue weighted by Gasteiger charge is -2.32. The van der Waals surface area contributed by atoms with E-state index < -0.39 is 6.16 Å². The molecule has 2 amide bonds. The van der Waals surface area contributed by atoms with Crippen molar-refractivity contribution in [1.29, 1.82) is 0 Å². The van der Waals surface area contributed by atoms with E-state index in [9.17, 15) is 18.8 Å². The first-order valence-corrected chi connectivity index (χ1v) is 10.7. The fourth-order valence-electron chi connectivity index (χ4n) is 3.52. The van der Waals surface area contributed by atoms with E-state index >= 15 is 0 Å². The average molecular weight is 442 g/mol. The predicted molar refractivity (Wildman–Crippen MR) is 116 cm³/mol. The lowest BCUT2D eigenvalue weighted by atomic mass is 10.0. The topological polar surface area (TPSA) is 84.9 Å². The Balaban J connectivity index is 1.41. The Morgan fingerprint density at radius 2 is 1.69 bits per heavy atom. The minimum absolute atomic E-state index is 0.0147. The van der Waals surface area contributed by atoms with E-state index in [0.717, 1.165) is 5.56 Å². The van der Waals surface area contributed by atoms with Crippen LogP contribution in [-0.2, 0) is 16.0 Å². The van der Waals surface area contributed by atoms with E-state index in [2.05, 4.69) is 5.32 Å². The highest BCUT2D eigenvalue weighted by molar-refractivity contribution is 5.94. The van der Waals surface area contributed by atoms with Crippen LogP contribution in [0.15, 0.2) is 48.5 Å². The molecular formula is C24H27FN2O5. The van der Waals surface area contributed by atoms with Crippen molar-refractivity contribution in [3.8, 4) is 5.75 Å². The van der Waals surface area contributed by atoms with Crippen LogP contribution in [0.3, 0.4) is 0 Å². The van der Waals surface area contributed by atoms with Gasteiger partial charge in [-0.15, -0.1) is 0 Å². The van der Waals surface area contributed by atoms with Gasteiger partial charge in [0.1, 0.15) is 11.6 Å². The van der Waals surface area contributed by atoms with Gasteiger partial charge in [0.15, 0.2) is 0 Å². The van der Waals surface area contributed by atoms with Crippen LogP contribution >= 0.6 is 0 Å². The van der Waals surface area contributed by atoms with Crippen LogP contribution < -0.4 is 10.1 Å². The van der Waals surface area contributed by atoms with Gasteiger partial charge in [-0.05, 0) is 68.1 Å². The van der Waals surface area contributed by atoms with Gasteiger partial charge in [0.2, 0.25) is 5.91 Å². The number of carbonyl (C=O) groups excluding carboxylic acids is 3. The Bertz CT molecular complexity index is 922. The number of rotatable bonds is 7. The number of hydrogen-bond donors (Lipinski definition) is 1. The number of ether oxygens (including phenoxy) is 2. The van der Waals surface area contributed by atoms with Gasteiger partial charge >= 0.3 is 6.16 Å². The molecule has 170 valence electrons. The minimum Gasteiger partial charge on any atom is -0.434 e. The zero-order valence-electron chi connectivity index (χ0n) is 18.0. The molecule has 1 N–H and O–H groups in total. The normalized spacial score (nSPS) is 14.0. The van der Waals surface area contributed by atoms with Gasteiger partial charge in [0.05, 0.1) is 6.61 Å². The molecule has 0 saturated carbocycles. The predicted octanol–water partition coefficient (Wildman–Crippen LogP) is 3.71. The van der Waals surface area contributed by atoms with Crippen molar-refractivity contribution in [3.05, 3.63) is 65.5 Å². The van der Waals surface area contributed by atoms with Crippen LogP contribution in [0.1, 0.15) is 42.1 Å². The maximum absolute atomic E-state index is 13.0. The van der Waals surface area contributed by atoms with Crippen molar-refractivity contribution in [1.82, 2.24) is 10.2 Å². The summed E-state index contributed by atoms with van der Waals surface area (Å²) in [6.07, 6.45) is 1.52. The third-order valence-corrected chi connectivity index (χ3v) is 5.30. The highest BCUT2D eigenvalue weighted by Gasteiger charge is 2.24. The molecule has 2 aromatic rings. The fourth-order valence-corrected chi connectivity index (χ4v) is 3.52. The SMILES string of the molecule is CCOC(=O)Oc1ccc(C(=O)NC2CCN(C(=O)CCc3ccc(F)cc3)CC2)cc1. The maximum Gasteiger partial charge on any atom is 0.513 e. The molecule has 1 heterocycles. The monoisotopic (exact) mass is 442 g/mol. The van der Waals surface area contributed by atoms with E-state index in [1.54, 1.807) is 31.2 Å². The van der Waals surface area contributed by atoms with Crippen molar-refractivity contribution in [2.45, 2.75) is 38.6 Å². The van der Waals surface area contributed by atoms with Crippen molar-refractivity contribution in [2.24, 2.45) is 0 Å². The average Bonchev–Trinajstić information content (AvgIpc) is 2.79. The molecule has 1 saturated heterocycles. The Morgan fingerprint density at radius 1 is 1.03 bits per heavy atom. The fraction of sp³-hybridized carbons (Fsp3) is 0.375. The molecule has 7 nitrogen and oxygen atoms in total. The molecule has 0 atom stereocenters. The first-order chi connectivity index (χ1) is 15.4. The Labute approximate surface area is 186 Å². The summed E-state index contributed by atoms with van der Waals surface area (Å²) in [6, 6.07) is 12.4. The number of nitrogens with one attached hydrogen (secondary N) is 1. The molecule has 1 fully saturated rings. The van der Waals surface area contributed by atoms with E-state index in [1.807, 2.05) is 4.90 Å². The molecule has 0 aliphatic carbocycles. The lowest BCUT2D eigenvalue weighted by molar-refractivity contribution is -0.132. The molecule has 32 heavy (non-hydrogen) atoms. The van der Waals surface area contributed by atoms with Crippen LogP contribution in [0, 0.1) is 5.82 Å². The summed E-state index contributed by atoms with van der Waals surface area (Å²) in [5.41, 5.74) is 1.39. The van der Waals surface area contributed by atoms with Gasteiger partial charge in [-0.1, -0.05) is 12.1 Å². The number of benzene rings is 2. The van der Waals surface area contributed by atoms with Crippen LogP contribution in [0.2, 0.25) is 0 Å². The van der Waals surface area contributed by atoms with Gasteiger partial charge in [0.25, 0.3) is 5.91 Å². The largest absolute Gasteiger partial charge is 0.513 e. The number of amides is 2. The Hall–Kier alpha value is -3.42. The highest BCUT2D eigenvalue weighted by atomic mass is 19.1. The smallest absolute Gasteiger partial charge is 0.434 e. The molecule has 8 heteroatoms. The van der Waals surface area contributed by atoms with Gasteiger partial charge in [-0.25, -0.2) is 9.18 Å². The molecule has 0 radical (unpaired) electrons. The standard InChI is InChI=1S/C24H27FN2O5/c1-2-31-24(30)32-21-10-6-18(7-11-21)23(29)26-20-13-15-27(16-14-20)22(28)12-5-17-3-8-19(25)9-4-17/h3-4,6-11,20H,2,5,12-16H2,1H3,(H,26,29). The zero-order valence-corrected chi connectivity index (χ0v) is 18.0. The number of hydrogen-bond acceptors (Lipinski definition) is 5. The Kier molecular flexibility index (Phi) is 8.19. The summed E-state index contributed by atoms with van der Waals surface area (Å²) >= 11 is 0. The first-order valence-electron chi connectivity index (χ1n) is 10.7. The minimum atomic E-state index is -0.788. The van der Waals surface area contributed by atoms with E-state index in [4.69, 9.17) is 9.47 Å². The van der Waals surface area contributed by atoms with Gasteiger partial charge in [-0.2, -0.15) is 0 Å². The lowest BCUT2D eigenvalue weighted by Crippen LogP contribution is -2.46. The highest BCUT2D eigenvalue weighted by Crippen LogP contribution is 2.16. The summed E-state index contributed by atoms with van der Waals surface area (Å²) in [7, 11) is 0. The molecule has 1 aliphatic rings. The number of halogens is 1. The maximum atomic E-state index is 13.0. The third-order valence-electron chi connectivity index (χ3n) is 5.30. The van der Waals surface area contributed by atoms with Crippen LogP contribution in [0.5, 0.6) is 5.75 Å². The number of nitrogens with zero attached hydrogens (tertiary/aromatic N) is 1. The molecule has 3 rings (SSSR count).